The molecule has 2 aromatic carbocycles. The van der Waals surface area contributed by atoms with E-state index in [1.54, 1.807) is 6.92 Å². The van der Waals surface area contributed by atoms with Crippen LogP contribution in [-0.2, 0) is 14.3 Å². The van der Waals surface area contributed by atoms with Crippen LogP contribution in [0.4, 0.5) is 4.79 Å². The fourth-order valence-electron chi connectivity index (χ4n) is 4.40. The van der Waals surface area contributed by atoms with Crippen molar-refractivity contribution < 1.29 is 24.2 Å². The first-order valence-corrected chi connectivity index (χ1v) is 12.0. The molecule has 2 amide bonds. The van der Waals surface area contributed by atoms with Crippen LogP contribution in [0.15, 0.2) is 48.5 Å². The number of unbranched alkanes of at least 4 members (excludes halogenated alkanes) is 1. The lowest BCUT2D eigenvalue weighted by molar-refractivity contribution is -0.143. The third-order valence-corrected chi connectivity index (χ3v) is 6.58. The minimum absolute atomic E-state index is 0.0807. The summed E-state index contributed by atoms with van der Waals surface area (Å²) in [5, 5.41) is 14.8. The van der Waals surface area contributed by atoms with E-state index in [2.05, 4.69) is 22.8 Å². The third kappa shape index (κ3) is 5.76. The lowest BCUT2D eigenvalue weighted by Crippen LogP contribution is -2.53. The second-order valence-electron chi connectivity index (χ2n) is 8.87. The first-order chi connectivity index (χ1) is 16.4. The van der Waals surface area contributed by atoms with Gasteiger partial charge in [-0.1, -0.05) is 88.6 Å². The molecule has 0 saturated heterocycles. The van der Waals surface area contributed by atoms with Gasteiger partial charge in [0.1, 0.15) is 18.7 Å². The molecule has 3 rings (SSSR count). The van der Waals surface area contributed by atoms with Crippen LogP contribution in [0.25, 0.3) is 11.1 Å². The fraction of sp³-hybridized carbons (Fsp3) is 0.444. The Morgan fingerprint density at radius 3 is 2.09 bits per heavy atom. The van der Waals surface area contributed by atoms with Crippen LogP contribution in [0.1, 0.15) is 63.5 Å². The third-order valence-electron chi connectivity index (χ3n) is 6.58. The molecule has 2 aromatic rings. The Morgan fingerprint density at radius 2 is 1.56 bits per heavy atom. The molecule has 0 spiro atoms. The van der Waals surface area contributed by atoms with Crippen molar-refractivity contribution >= 4 is 18.0 Å². The summed E-state index contributed by atoms with van der Waals surface area (Å²) in [6.07, 6.45) is 1.87. The molecule has 0 heterocycles. The summed E-state index contributed by atoms with van der Waals surface area (Å²) in [7, 11) is 0. The monoisotopic (exact) mass is 466 g/mol. The van der Waals surface area contributed by atoms with Crippen LogP contribution in [0.3, 0.4) is 0 Å². The molecule has 1 aliphatic carbocycles. The van der Waals surface area contributed by atoms with Crippen LogP contribution in [0.5, 0.6) is 0 Å². The van der Waals surface area contributed by atoms with Gasteiger partial charge in [0, 0.05) is 5.92 Å². The van der Waals surface area contributed by atoms with Gasteiger partial charge in [0.05, 0.1) is 0 Å². The SMILES string of the molecule is CCCC[C@H](NC(=O)OCC1c2ccccc2-c2ccccc21)C(=O)N[C@H](C(=O)O)[C@@H](C)CC. The molecular weight excluding hydrogens is 432 g/mol. The topological polar surface area (TPSA) is 105 Å². The molecule has 34 heavy (non-hydrogen) atoms. The number of nitrogens with one attached hydrogen (secondary N) is 2. The molecule has 3 N–H and O–H groups in total. The van der Waals surface area contributed by atoms with Crippen molar-refractivity contribution in [3.8, 4) is 11.1 Å². The summed E-state index contributed by atoms with van der Waals surface area (Å²) < 4.78 is 5.57. The zero-order valence-corrected chi connectivity index (χ0v) is 20.0. The number of hydrogen-bond donors (Lipinski definition) is 3. The highest BCUT2D eigenvalue weighted by Gasteiger charge is 2.31. The summed E-state index contributed by atoms with van der Waals surface area (Å²) in [5.74, 6) is -1.90. The summed E-state index contributed by atoms with van der Waals surface area (Å²) in [6.45, 7) is 5.78. The van der Waals surface area contributed by atoms with Crippen LogP contribution in [0.2, 0.25) is 0 Å². The predicted octanol–water partition coefficient (Wildman–Crippen LogP) is 4.70. The Hall–Kier alpha value is -3.35. The zero-order valence-electron chi connectivity index (χ0n) is 20.0. The summed E-state index contributed by atoms with van der Waals surface area (Å²) >= 11 is 0. The van der Waals surface area contributed by atoms with Gasteiger partial charge in [-0.05, 0) is 34.6 Å². The van der Waals surface area contributed by atoms with Gasteiger partial charge >= 0.3 is 12.1 Å². The standard InChI is InChI=1S/C27H34N2O5/c1-4-6-15-23(25(30)29-24(26(31)32)17(3)5-2)28-27(33)34-16-22-20-13-9-7-11-18(20)19-12-8-10-14-21(19)22/h7-14,17,22-24H,4-6,15-16H2,1-3H3,(H,28,33)(H,29,30)(H,31,32)/t17-,23-,24-/m0/s1. The molecule has 7 nitrogen and oxygen atoms in total. The molecule has 0 fully saturated rings. The lowest BCUT2D eigenvalue weighted by atomic mass is 9.98. The Morgan fingerprint density at radius 1 is 0.971 bits per heavy atom. The van der Waals surface area contributed by atoms with Gasteiger partial charge in [-0.2, -0.15) is 0 Å². The Balaban J connectivity index is 1.66. The molecule has 7 heteroatoms. The number of rotatable bonds is 11. The molecule has 0 aliphatic heterocycles. The maximum Gasteiger partial charge on any atom is 0.407 e. The van der Waals surface area contributed by atoms with Gasteiger partial charge in [0.25, 0.3) is 0 Å². The van der Waals surface area contributed by atoms with Crippen LogP contribution >= 0.6 is 0 Å². The lowest BCUT2D eigenvalue weighted by Gasteiger charge is -2.24. The average molecular weight is 467 g/mol. The van der Waals surface area contributed by atoms with E-state index in [0.29, 0.717) is 19.3 Å². The maximum absolute atomic E-state index is 12.9. The average Bonchev–Trinajstić information content (AvgIpc) is 3.16. The van der Waals surface area contributed by atoms with E-state index in [-0.39, 0.29) is 18.4 Å². The fourth-order valence-corrected chi connectivity index (χ4v) is 4.40. The number of carboxylic acid groups (broad SMARTS) is 1. The van der Waals surface area contributed by atoms with Gasteiger partial charge in [0.2, 0.25) is 5.91 Å². The van der Waals surface area contributed by atoms with Crippen molar-refractivity contribution in [1.29, 1.82) is 0 Å². The quantitative estimate of drug-likeness (QED) is 0.445. The van der Waals surface area contributed by atoms with Gasteiger partial charge < -0.3 is 20.5 Å². The van der Waals surface area contributed by atoms with E-state index in [0.717, 1.165) is 28.7 Å². The van der Waals surface area contributed by atoms with Crippen molar-refractivity contribution in [1.82, 2.24) is 10.6 Å². The first kappa shape index (κ1) is 25.3. The van der Waals surface area contributed by atoms with E-state index in [1.165, 1.54) is 0 Å². The van der Waals surface area contributed by atoms with Gasteiger partial charge in [-0.25, -0.2) is 9.59 Å². The molecular formula is C27H34N2O5. The van der Waals surface area contributed by atoms with E-state index >= 15 is 0 Å². The smallest absolute Gasteiger partial charge is 0.407 e. The van der Waals surface area contributed by atoms with E-state index in [9.17, 15) is 19.5 Å². The number of benzene rings is 2. The number of fused-ring (bicyclic) bond motifs is 3. The van der Waals surface area contributed by atoms with Crippen molar-refractivity contribution in [2.45, 2.75) is 64.5 Å². The van der Waals surface area contributed by atoms with Crippen molar-refractivity contribution in [3.63, 3.8) is 0 Å². The van der Waals surface area contributed by atoms with E-state index in [1.807, 2.05) is 50.2 Å². The summed E-state index contributed by atoms with van der Waals surface area (Å²) in [6, 6.07) is 14.3. The van der Waals surface area contributed by atoms with Crippen molar-refractivity contribution in [2.75, 3.05) is 6.61 Å². The summed E-state index contributed by atoms with van der Waals surface area (Å²) in [4.78, 5) is 37.2. The highest BCUT2D eigenvalue weighted by atomic mass is 16.5. The van der Waals surface area contributed by atoms with Crippen molar-refractivity contribution in [2.24, 2.45) is 5.92 Å². The Bertz CT molecular complexity index is 976. The van der Waals surface area contributed by atoms with Crippen LogP contribution < -0.4 is 10.6 Å². The molecule has 0 radical (unpaired) electrons. The van der Waals surface area contributed by atoms with Gasteiger partial charge in [-0.3, -0.25) is 4.79 Å². The van der Waals surface area contributed by atoms with Gasteiger partial charge in [-0.15, -0.1) is 0 Å². The minimum Gasteiger partial charge on any atom is -0.480 e. The Kier molecular flexibility index (Phi) is 8.68. The highest BCUT2D eigenvalue weighted by molar-refractivity contribution is 5.89. The largest absolute Gasteiger partial charge is 0.480 e. The van der Waals surface area contributed by atoms with E-state index in [4.69, 9.17) is 4.74 Å². The van der Waals surface area contributed by atoms with Crippen molar-refractivity contribution in [3.05, 3.63) is 59.7 Å². The zero-order chi connectivity index (χ0) is 24.7. The molecule has 182 valence electrons. The number of hydrogen-bond acceptors (Lipinski definition) is 4. The highest BCUT2D eigenvalue weighted by Crippen LogP contribution is 2.44. The molecule has 0 aromatic heterocycles. The molecule has 0 unspecified atom stereocenters. The molecule has 0 bridgehead atoms. The maximum atomic E-state index is 12.9. The second kappa shape index (κ2) is 11.7. The second-order valence-corrected chi connectivity index (χ2v) is 8.87. The normalized spacial score (nSPS) is 14.9. The number of aliphatic carboxylic acids is 1. The van der Waals surface area contributed by atoms with Crippen LogP contribution in [0, 0.1) is 5.92 Å². The minimum atomic E-state index is -1.09. The number of carboxylic acids is 1. The molecule has 0 saturated carbocycles. The Labute approximate surface area is 200 Å². The molecule has 3 atom stereocenters. The number of amides is 2. The number of carbonyl (C=O) groups is 3. The number of carbonyl (C=O) groups excluding carboxylic acids is 2. The molecule has 1 aliphatic rings. The number of ether oxygens (including phenoxy) is 1. The number of alkyl carbamates (subject to hydrolysis) is 1. The van der Waals surface area contributed by atoms with Gasteiger partial charge in [0.15, 0.2) is 0 Å². The predicted molar refractivity (Wildman–Crippen MR) is 131 cm³/mol. The van der Waals surface area contributed by atoms with Crippen LogP contribution in [-0.4, -0.2) is 41.8 Å². The van der Waals surface area contributed by atoms with E-state index < -0.39 is 30.1 Å². The summed E-state index contributed by atoms with van der Waals surface area (Å²) in [5.41, 5.74) is 4.48. The first-order valence-electron chi connectivity index (χ1n) is 12.0.